The van der Waals surface area contributed by atoms with Crippen molar-refractivity contribution in [2.75, 3.05) is 11.4 Å². The molecule has 2 N–H and O–H groups in total. The van der Waals surface area contributed by atoms with Crippen molar-refractivity contribution in [1.29, 1.82) is 0 Å². The Morgan fingerprint density at radius 3 is 2.88 bits per heavy atom. The van der Waals surface area contributed by atoms with Crippen molar-refractivity contribution in [3.63, 3.8) is 0 Å². The predicted molar refractivity (Wildman–Crippen MR) is 60.9 cm³/mol. The Hall–Kier alpha value is -1.91. The van der Waals surface area contributed by atoms with Gasteiger partial charge in [-0.1, -0.05) is 6.07 Å². The van der Waals surface area contributed by atoms with E-state index in [1.807, 2.05) is 0 Å². The molecular formula is C12H13FN2O2. The Bertz CT molecular complexity index is 474. The van der Waals surface area contributed by atoms with Crippen LogP contribution in [0.25, 0.3) is 0 Å². The summed E-state index contributed by atoms with van der Waals surface area (Å²) in [5.41, 5.74) is 6.54. The molecule has 1 aliphatic heterocycles. The van der Waals surface area contributed by atoms with Crippen molar-refractivity contribution < 1.29 is 14.0 Å². The summed E-state index contributed by atoms with van der Waals surface area (Å²) in [6, 6.07) is 4.38. The normalized spacial score (nSPS) is 14.6. The largest absolute Gasteiger partial charge is 0.370 e. The topological polar surface area (TPSA) is 63.4 Å². The summed E-state index contributed by atoms with van der Waals surface area (Å²) >= 11 is 0. The average Bonchev–Trinajstić information content (AvgIpc) is 2.27. The molecule has 0 saturated carbocycles. The average molecular weight is 236 g/mol. The zero-order chi connectivity index (χ0) is 12.4. The number of nitrogens with zero attached hydrogens (tertiary/aromatic N) is 1. The number of fused-ring (bicyclic) bond motifs is 1. The van der Waals surface area contributed by atoms with Gasteiger partial charge in [-0.25, -0.2) is 4.39 Å². The number of carbonyl (C=O) groups is 2. The molecule has 0 radical (unpaired) electrons. The van der Waals surface area contributed by atoms with Gasteiger partial charge in [0, 0.05) is 25.1 Å². The van der Waals surface area contributed by atoms with Crippen LogP contribution in [0.1, 0.15) is 18.4 Å². The molecule has 1 heterocycles. The highest BCUT2D eigenvalue weighted by atomic mass is 19.1. The van der Waals surface area contributed by atoms with Crippen LogP contribution >= 0.6 is 0 Å². The van der Waals surface area contributed by atoms with E-state index in [4.69, 9.17) is 5.73 Å². The minimum absolute atomic E-state index is 0.0850. The van der Waals surface area contributed by atoms with E-state index < -0.39 is 5.91 Å². The van der Waals surface area contributed by atoms with E-state index in [1.54, 1.807) is 6.07 Å². The zero-order valence-corrected chi connectivity index (χ0v) is 9.28. The first-order valence-corrected chi connectivity index (χ1v) is 5.45. The fraction of sp³-hybridized carbons (Fsp3) is 0.333. The lowest BCUT2D eigenvalue weighted by Crippen LogP contribution is -2.37. The molecule has 0 atom stereocenters. The number of benzene rings is 1. The van der Waals surface area contributed by atoms with Gasteiger partial charge in [0.25, 0.3) is 0 Å². The fourth-order valence-corrected chi connectivity index (χ4v) is 1.98. The highest BCUT2D eigenvalue weighted by Gasteiger charge is 2.24. The number of amides is 2. The third kappa shape index (κ3) is 2.43. The van der Waals surface area contributed by atoms with Crippen LogP contribution in [0.4, 0.5) is 10.1 Å². The minimum Gasteiger partial charge on any atom is -0.370 e. The third-order valence-electron chi connectivity index (χ3n) is 2.83. The first kappa shape index (κ1) is 11.6. The van der Waals surface area contributed by atoms with Crippen LogP contribution < -0.4 is 10.6 Å². The molecule has 0 aliphatic carbocycles. The van der Waals surface area contributed by atoms with Crippen LogP contribution in [0.15, 0.2) is 18.2 Å². The number of hydrogen-bond acceptors (Lipinski definition) is 2. The van der Waals surface area contributed by atoms with E-state index in [1.165, 1.54) is 17.0 Å². The molecule has 0 spiro atoms. The molecule has 5 heteroatoms. The van der Waals surface area contributed by atoms with Gasteiger partial charge < -0.3 is 10.6 Å². The van der Waals surface area contributed by atoms with Crippen molar-refractivity contribution in [1.82, 2.24) is 0 Å². The summed E-state index contributed by atoms with van der Waals surface area (Å²) in [4.78, 5) is 23.9. The molecule has 0 saturated heterocycles. The summed E-state index contributed by atoms with van der Waals surface area (Å²) in [6.45, 7) is 0.213. The first-order valence-electron chi connectivity index (χ1n) is 5.45. The number of halogens is 1. The van der Waals surface area contributed by atoms with Crippen molar-refractivity contribution in [2.45, 2.75) is 19.3 Å². The highest BCUT2D eigenvalue weighted by Crippen LogP contribution is 2.28. The van der Waals surface area contributed by atoms with Crippen LogP contribution in [-0.4, -0.2) is 18.4 Å². The second kappa shape index (κ2) is 4.53. The molecule has 90 valence electrons. The maximum absolute atomic E-state index is 13.2. The number of hydrogen-bond donors (Lipinski definition) is 1. The lowest BCUT2D eigenvalue weighted by Gasteiger charge is -2.29. The van der Waals surface area contributed by atoms with E-state index in [0.717, 1.165) is 5.56 Å². The van der Waals surface area contributed by atoms with Gasteiger partial charge in [0.15, 0.2) is 0 Å². The SMILES string of the molecule is NC(=O)CCN1C(=O)CCc2ccc(F)cc21. The van der Waals surface area contributed by atoms with E-state index in [2.05, 4.69) is 0 Å². The molecule has 1 aliphatic rings. The number of carbonyl (C=O) groups excluding carboxylic acids is 2. The van der Waals surface area contributed by atoms with Gasteiger partial charge in [-0.2, -0.15) is 0 Å². The molecule has 0 unspecified atom stereocenters. The summed E-state index contributed by atoms with van der Waals surface area (Å²) in [5.74, 6) is -0.951. The molecule has 1 aromatic carbocycles. The van der Waals surface area contributed by atoms with Crippen LogP contribution in [0.5, 0.6) is 0 Å². The monoisotopic (exact) mass is 236 g/mol. The second-order valence-electron chi connectivity index (χ2n) is 4.03. The summed E-state index contributed by atoms with van der Waals surface area (Å²) in [5, 5.41) is 0. The number of nitrogens with two attached hydrogens (primary N) is 1. The Morgan fingerprint density at radius 1 is 1.41 bits per heavy atom. The third-order valence-corrected chi connectivity index (χ3v) is 2.83. The quantitative estimate of drug-likeness (QED) is 0.850. The first-order chi connectivity index (χ1) is 8.08. The molecular weight excluding hydrogens is 223 g/mol. The Morgan fingerprint density at radius 2 is 2.18 bits per heavy atom. The maximum atomic E-state index is 13.2. The van der Waals surface area contributed by atoms with Crippen molar-refractivity contribution in [2.24, 2.45) is 5.73 Å². The Kier molecular flexibility index (Phi) is 3.08. The van der Waals surface area contributed by atoms with E-state index in [-0.39, 0.29) is 24.7 Å². The van der Waals surface area contributed by atoms with Gasteiger partial charge in [-0.05, 0) is 24.1 Å². The molecule has 17 heavy (non-hydrogen) atoms. The van der Waals surface area contributed by atoms with Crippen molar-refractivity contribution in [3.8, 4) is 0 Å². The number of anilines is 1. The van der Waals surface area contributed by atoms with Crippen LogP contribution in [0, 0.1) is 5.82 Å². The van der Waals surface area contributed by atoms with Gasteiger partial charge in [-0.15, -0.1) is 0 Å². The second-order valence-corrected chi connectivity index (χ2v) is 4.03. The number of rotatable bonds is 3. The molecule has 0 aromatic heterocycles. The van der Waals surface area contributed by atoms with E-state index in [0.29, 0.717) is 18.5 Å². The molecule has 0 bridgehead atoms. The smallest absolute Gasteiger partial charge is 0.227 e. The van der Waals surface area contributed by atoms with Gasteiger partial charge in [0.05, 0.1) is 0 Å². The van der Waals surface area contributed by atoms with Crippen molar-refractivity contribution >= 4 is 17.5 Å². The lowest BCUT2D eigenvalue weighted by molar-refractivity contribution is -0.119. The van der Waals surface area contributed by atoms with Gasteiger partial charge >= 0.3 is 0 Å². The van der Waals surface area contributed by atoms with Crippen LogP contribution in [0.3, 0.4) is 0 Å². The lowest BCUT2D eigenvalue weighted by atomic mass is 10.0. The number of aryl methyl sites for hydroxylation is 1. The van der Waals surface area contributed by atoms with Gasteiger partial charge in [-0.3, -0.25) is 9.59 Å². The predicted octanol–water partition coefficient (Wildman–Crippen LogP) is 0.980. The van der Waals surface area contributed by atoms with Crippen LogP contribution in [-0.2, 0) is 16.0 Å². The summed E-state index contributed by atoms with van der Waals surface area (Å²) in [7, 11) is 0. The van der Waals surface area contributed by atoms with E-state index in [9.17, 15) is 14.0 Å². The van der Waals surface area contributed by atoms with Gasteiger partial charge in [0.2, 0.25) is 11.8 Å². The van der Waals surface area contributed by atoms with Crippen molar-refractivity contribution in [3.05, 3.63) is 29.6 Å². The Labute approximate surface area is 98.2 Å². The Balaban J connectivity index is 2.28. The molecule has 2 rings (SSSR count). The summed E-state index contributed by atoms with van der Waals surface area (Å²) < 4.78 is 13.2. The highest BCUT2D eigenvalue weighted by molar-refractivity contribution is 5.96. The number of primary amides is 1. The molecule has 4 nitrogen and oxygen atoms in total. The van der Waals surface area contributed by atoms with Crippen LogP contribution in [0.2, 0.25) is 0 Å². The maximum Gasteiger partial charge on any atom is 0.227 e. The molecule has 0 fully saturated rings. The fourth-order valence-electron chi connectivity index (χ4n) is 1.98. The van der Waals surface area contributed by atoms with Gasteiger partial charge in [0.1, 0.15) is 5.82 Å². The zero-order valence-electron chi connectivity index (χ0n) is 9.28. The summed E-state index contributed by atoms with van der Waals surface area (Å²) in [6.07, 6.45) is 1.08. The van der Waals surface area contributed by atoms with E-state index >= 15 is 0 Å². The molecule has 2 amide bonds. The standard InChI is InChI=1S/C12H13FN2O2/c13-9-3-1-8-2-4-12(17)15(10(8)7-9)6-5-11(14)16/h1,3,7H,2,4-6H2,(H2,14,16). The molecule has 1 aromatic rings. The minimum atomic E-state index is -0.471.